The van der Waals surface area contributed by atoms with Gasteiger partial charge in [0.15, 0.2) is 11.4 Å². The molecule has 0 saturated carbocycles. The van der Waals surface area contributed by atoms with E-state index in [1.165, 1.54) is 36.0 Å². The summed E-state index contributed by atoms with van der Waals surface area (Å²) >= 11 is 1.20. The Morgan fingerprint density at radius 3 is 2.60 bits per heavy atom. The van der Waals surface area contributed by atoms with Crippen molar-refractivity contribution in [1.82, 2.24) is 19.8 Å². The number of benzene rings is 2. The van der Waals surface area contributed by atoms with E-state index in [0.717, 1.165) is 5.56 Å². The van der Waals surface area contributed by atoms with Crippen molar-refractivity contribution in [3.8, 4) is 17.0 Å². The fraction of sp³-hybridized carbons (Fsp3) is 0.100. The van der Waals surface area contributed by atoms with E-state index in [2.05, 4.69) is 15.3 Å². The molecule has 0 aliphatic rings. The number of aromatic nitrogens is 4. The van der Waals surface area contributed by atoms with Gasteiger partial charge < -0.3 is 4.74 Å². The van der Waals surface area contributed by atoms with Crippen LogP contribution in [0.25, 0.3) is 16.9 Å². The van der Waals surface area contributed by atoms with Crippen LogP contribution in [0.4, 0.5) is 5.69 Å². The lowest BCUT2D eigenvalue weighted by atomic mass is 10.1. The van der Waals surface area contributed by atoms with Crippen LogP contribution in [0.15, 0.2) is 65.8 Å². The number of carbonyl (C=O) groups excluding carboxylic acids is 1. The van der Waals surface area contributed by atoms with Gasteiger partial charge in [-0.05, 0) is 36.4 Å². The Hall–Kier alpha value is -3.79. The first kappa shape index (κ1) is 19.5. The van der Waals surface area contributed by atoms with E-state index in [1.54, 1.807) is 17.7 Å². The van der Waals surface area contributed by atoms with Gasteiger partial charge in [0.1, 0.15) is 5.75 Å². The van der Waals surface area contributed by atoms with Crippen molar-refractivity contribution in [2.24, 2.45) is 0 Å². The number of nitro benzene ring substituents is 1. The van der Waals surface area contributed by atoms with E-state index >= 15 is 0 Å². The summed E-state index contributed by atoms with van der Waals surface area (Å²) in [6.07, 6.45) is 0. The maximum atomic E-state index is 12.4. The van der Waals surface area contributed by atoms with E-state index in [0.29, 0.717) is 27.8 Å². The highest BCUT2D eigenvalue weighted by molar-refractivity contribution is 7.99. The second-order valence-electron chi connectivity index (χ2n) is 6.19. The number of nitro groups is 1. The summed E-state index contributed by atoms with van der Waals surface area (Å²) in [5, 5.41) is 24.0. The Labute approximate surface area is 174 Å². The van der Waals surface area contributed by atoms with Crippen molar-refractivity contribution in [1.29, 1.82) is 0 Å². The van der Waals surface area contributed by atoms with Crippen LogP contribution in [-0.4, -0.2) is 43.4 Å². The first-order valence-corrected chi connectivity index (χ1v) is 9.81. The average Bonchev–Trinajstić information content (AvgIpc) is 3.19. The largest absolute Gasteiger partial charge is 0.496 e. The number of thioether (sulfide) groups is 1. The maximum Gasteiger partial charge on any atom is 0.269 e. The summed E-state index contributed by atoms with van der Waals surface area (Å²) in [6.45, 7) is 0. The lowest BCUT2D eigenvalue weighted by molar-refractivity contribution is -0.384. The Morgan fingerprint density at radius 1 is 1.10 bits per heavy atom. The van der Waals surface area contributed by atoms with Gasteiger partial charge in [-0.1, -0.05) is 23.9 Å². The lowest BCUT2D eigenvalue weighted by Crippen LogP contribution is -2.04. The molecule has 4 rings (SSSR count). The molecule has 0 atom stereocenters. The highest BCUT2D eigenvalue weighted by Crippen LogP contribution is 2.28. The molecule has 10 heteroatoms. The van der Waals surface area contributed by atoms with Crippen LogP contribution in [-0.2, 0) is 0 Å². The average molecular weight is 421 g/mol. The number of methoxy groups -OCH3 is 1. The zero-order valence-corrected chi connectivity index (χ0v) is 16.6. The number of carbonyl (C=O) groups is 1. The van der Waals surface area contributed by atoms with Crippen LogP contribution in [0.5, 0.6) is 5.75 Å². The smallest absolute Gasteiger partial charge is 0.269 e. The number of rotatable bonds is 7. The van der Waals surface area contributed by atoms with E-state index in [1.807, 2.05) is 30.3 Å². The molecule has 0 aliphatic carbocycles. The summed E-state index contributed by atoms with van der Waals surface area (Å²) in [4.78, 5) is 22.7. The number of hydrogen-bond acceptors (Lipinski definition) is 8. The Kier molecular flexibility index (Phi) is 5.40. The van der Waals surface area contributed by atoms with Crippen molar-refractivity contribution in [3.05, 3.63) is 76.3 Å². The van der Waals surface area contributed by atoms with Gasteiger partial charge in [-0.2, -0.15) is 9.61 Å². The molecule has 30 heavy (non-hydrogen) atoms. The SMILES string of the molecule is COc1ccccc1-c1ccc2nnc(SCC(=O)c3ccc([N+](=O)[O-])cc3)n2n1. The molecule has 0 spiro atoms. The summed E-state index contributed by atoms with van der Waals surface area (Å²) in [5.74, 6) is 0.617. The fourth-order valence-corrected chi connectivity index (χ4v) is 3.62. The van der Waals surface area contributed by atoms with Crippen molar-refractivity contribution in [2.45, 2.75) is 5.16 Å². The number of hydrogen-bond donors (Lipinski definition) is 0. The van der Waals surface area contributed by atoms with Crippen molar-refractivity contribution < 1.29 is 14.5 Å². The Bertz CT molecular complexity index is 1240. The zero-order chi connectivity index (χ0) is 21.1. The molecule has 9 nitrogen and oxygen atoms in total. The van der Waals surface area contributed by atoms with Crippen molar-refractivity contribution in [2.75, 3.05) is 12.9 Å². The van der Waals surface area contributed by atoms with Gasteiger partial charge in [0, 0.05) is 23.3 Å². The molecule has 0 aliphatic heterocycles. The Balaban J connectivity index is 1.56. The van der Waals surface area contributed by atoms with E-state index in [-0.39, 0.29) is 17.2 Å². The minimum atomic E-state index is -0.504. The van der Waals surface area contributed by atoms with Crippen LogP contribution >= 0.6 is 11.8 Å². The number of nitrogens with zero attached hydrogens (tertiary/aromatic N) is 5. The van der Waals surface area contributed by atoms with Gasteiger partial charge in [0.05, 0.1) is 23.5 Å². The molecular weight excluding hydrogens is 406 g/mol. The number of fused-ring (bicyclic) bond motifs is 1. The van der Waals surface area contributed by atoms with E-state index in [4.69, 9.17) is 4.74 Å². The van der Waals surface area contributed by atoms with Gasteiger partial charge in [0.25, 0.3) is 5.69 Å². The third kappa shape index (κ3) is 3.85. The first-order chi connectivity index (χ1) is 14.6. The van der Waals surface area contributed by atoms with Gasteiger partial charge in [-0.3, -0.25) is 14.9 Å². The maximum absolute atomic E-state index is 12.4. The first-order valence-electron chi connectivity index (χ1n) is 8.83. The summed E-state index contributed by atoms with van der Waals surface area (Å²) in [6, 6.07) is 16.7. The van der Waals surface area contributed by atoms with Crippen LogP contribution in [0, 0.1) is 10.1 Å². The predicted octanol–water partition coefficient (Wildman–Crippen LogP) is 3.68. The molecule has 0 bridgehead atoms. The zero-order valence-electron chi connectivity index (χ0n) is 15.8. The highest BCUT2D eigenvalue weighted by Gasteiger charge is 2.15. The molecule has 0 radical (unpaired) electrons. The molecule has 0 unspecified atom stereocenters. The molecule has 2 heterocycles. The standard InChI is InChI=1S/C20H15N5O4S/c1-29-18-5-3-2-4-15(18)16-10-11-19-21-22-20(24(19)23-16)30-12-17(26)13-6-8-14(9-7-13)25(27)28/h2-11H,12H2,1H3. The van der Waals surface area contributed by atoms with Gasteiger partial charge in [0.2, 0.25) is 5.16 Å². The minimum Gasteiger partial charge on any atom is -0.496 e. The van der Waals surface area contributed by atoms with Crippen LogP contribution in [0.2, 0.25) is 0 Å². The number of ketones is 1. The summed E-state index contributed by atoms with van der Waals surface area (Å²) in [5.41, 5.74) is 2.40. The number of ether oxygens (including phenoxy) is 1. The predicted molar refractivity (Wildman–Crippen MR) is 111 cm³/mol. The fourth-order valence-electron chi connectivity index (χ4n) is 2.84. The summed E-state index contributed by atoms with van der Waals surface area (Å²) < 4.78 is 6.98. The van der Waals surface area contributed by atoms with Crippen LogP contribution < -0.4 is 4.74 Å². The molecule has 4 aromatic rings. The molecule has 2 aromatic carbocycles. The molecular formula is C20H15N5O4S. The second kappa shape index (κ2) is 8.29. The molecule has 0 amide bonds. The van der Waals surface area contributed by atoms with E-state index in [9.17, 15) is 14.9 Å². The monoisotopic (exact) mass is 421 g/mol. The van der Waals surface area contributed by atoms with Crippen LogP contribution in [0.3, 0.4) is 0 Å². The van der Waals surface area contributed by atoms with Crippen molar-refractivity contribution in [3.63, 3.8) is 0 Å². The quantitative estimate of drug-likeness (QED) is 0.192. The van der Waals surface area contributed by atoms with Gasteiger partial charge in [-0.25, -0.2) is 0 Å². The van der Waals surface area contributed by atoms with Crippen LogP contribution in [0.1, 0.15) is 10.4 Å². The van der Waals surface area contributed by atoms with Gasteiger partial charge >= 0.3 is 0 Å². The van der Waals surface area contributed by atoms with Crippen molar-refractivity contribution >= 4 is 28.9 Å². The highest BCUT2D eigenvalue weighted by atomic mass is 32.2. The van der Waals surface area contributed by atoms with E-state index < -0.39 is 4.92 Å². The lowest BCUT2D eigenvalue weighted by Gasteiger charge is -2.08. The van der Waals surface area contributed by atoms with Gasteiger partial charge in [-0.15, -0.1) is 10.2 Å². The summed E-state index contributed by atoms with van der Waals surface area (Å²) in [7, 11) is 1.60. The third-order valence-corrected chi connectivity index (χ3v) is 5.27. The molecule has 0 fully saturated rings. The Morgan fingerprint density at radius 2 is 1.87 bits per heavy atom. The topological polar surface area (TPSA) is 113 Å². The number of Topliss-reactive ketones (excluding diaryl/α,β-unsaturated/α-hetero) is 1. The molecule has 150 valence electrons. The number of para-hydroxylation sites is 1. The minimum absolute atomic E-state index is 0.0595. The second-order valence-corrected chi connectivity index (χ2v) is 7.13. The molecule has 2 aromatic heterocycles. The normalized spacial score (nSPS) is 10.8. The number of non-ortho nitro benzene ring substituents is 1. The third-order valence-electron chi connectivity index (χ3n) is 4.35. The molecule has 0 saturated heterocycles. The molecule has 0 N–H and O–H groups in total.